The Kier molecular flexibility index (Phi) is 3.11. The zero-order chi connectivity index (χ0) is 20.7. The topological polar surface area (TPSA) is 0 Å². The van der Waals surface area contributed by atoms with Gasteiger partial charge in [0.2, 0.25) is 0 Å². The summed E-state index contributed by atoms with van der Waals surface area (Å²) in [5.74, 6) is 0. The van der Waals surface area contributed by atoms with Crippen molar-refractivity contribution in [3.8, 4) is 22.3 Å². The van der Waals surface area contributed by atoms with Crippen LogP contribution >= 0.6 is 11.3 Å². The van der Waals surface area contributed by atoms with E-state index in [1.165, 1.54) is 0 Å². The molecule has 1 aromatic heterocycles. The summed E-state index contributed by atoms with van der Waals surface area (Å²) in [7, 11) is 0. The molecule has 0 radical (unpaired) electrons. The van der Waals surface area contributed by atoms with Gasteiger partial charge in [0.1, 0.15) is 0 Å². The van der Waals surface area contributed by atoms with E-state index in [0.717, 1.165) is 39.6 Å². The van der Waals surface area contributed by atoms with E-state index >= 15 is 2.89 Å². The van der Waals surface area contributed by atoms with Crippen LogP contribution in [0, 0.1) is 0 Å². The Morgan fingerprint density at radius 3 is 1.13 bits per heavy atom. The van der Waals surface area contributed by atoms with Gasteiger partial charge in [-0.1, -0.05) is 0 Å². The molecule has 2 aliphatic rings. The molecule has 0 amide bonds. The molecule has 0 atom stereocenters. The van der Waals surface area contributed by atoms with Crippen LogP contribution in [0.5, 0.6) is 0 Å². The molecule has 0 saturated heterocycles. The molecule has 0 fully saturated rings. The molecule has 3 heteroatoms. The van der Waals surface area contributed by atoms with E-state index in [0.29, 0.717) is 0 Å². The van der Waals surface area contributed by atoms with E-state index in [-0.39, 0.29) is 0 Å². The average molecular weight is 534 g/mol. The fourth-order valence-electron chi connectivity index (χ4n) is 6.13. The molecular weight excluding hydrogens is 515 g/mol. The monoisotopic (exact) mass is 536 g/mol. The van der Waals surface area contributed by atoms with E-state index in [1.54, 1.807) is 11.3 Å². The SMILES string of the molecule is F[Te]12(c3cccs3)(c3ccccc3-c3ccccc31)c1ccccc1-c1ccccc12. The first-order chi connectivity index (χ1) is 15.2. The Bertz CT molecular complexity index is 1350. The zero-order valence-corrected chi connectivity index (χ0v) is 19.8. The van der Waals surface area contributed by atoms with Gasteiger partial charge in [0.15, 0.2) is 0 Å². The van der Waals surface area contributed by atoms with Crippen molar-refractivity contribution in [1.29, 1.82) is 0 Å². The first-order valence-corrected chi connectivity index (χ1v) is 18.0. The maximum absolute atomic E-state index is 20.3. The molecule has 7 rings (SSSR count). The van der Waals surface area contributed by atoms with Crippen molar-refractivity contribution in [3.63, 3.8) is 0 Å². The van der Waals surface area contributed by atoms with Crippen LogP contribution in [-0.4, -0.2) is 16.0 Å². The summed E-state index contributed by atoms with van der Waals surface area (Å²) < 4.78 is 24.7. The van der Waals surface area contributed by atoms with Crippen LogP contribution in [0.25, 0.3) is 22.3 Å². The predicted molar refractivity (Wildman–Crippen MR) is 133 cm³/mol. The fourth-order valence-corrected chi connectivity index (χ4v) is 31.9. The molecular formula is C28H19FSTe. The Labute approximate surface area is 183 Å². The van der Waals surface area contributed by atoms with Crippen molar-refractivity contribution in [2.75, 3.05) is 0 Å². The number of hydrogen-bond donors (Lipinski definition) is 0. The fraction of sp³-hybridized carbons (Fsp3) is 0. The Hall–Kier alpha value is -2.70. The Morgan fingerprint density at radius 2 is 0.806 bits per heavy atom. The van der Waals surface area contributed by atoms with Crippen molar-refractivity contribution in [1.82, 2.24) is 0 Å². The Balaban J connectivity index is 1.95. The van der Waals surface area contributed by atoms with Crippen molar-refractivity contribution in [3.05, 3.63) is 115 Å². The second kappa shape index (κ2) is 5.37. The molecule has 5 aromatic rings. The van der Waals surface area contributed by atoms with Crippen LogP contribution < -0.4 is 17.4 Å². The molecule has 150 valence electrons. The number of fused-ring (bicyclic) bond motifs is 10. The van der Waals surface area contributed by atoms with E-state index < -0.39 is 16.0 Å². The minimum atomic E-state index is -6.27. The van der Waals surface area contributed by atoms with Crippen molar-refractivity contribution in [2.24, 2.45) is 0 Å². The predicted octanol–water partition coefficient (Wildman–Crippen LogP) is 4.37. The quantitative estimate of drug-likeness (QED) is 0.281. The molecule has 0 aliphatic carbocycles. The zero-order valence-electron chi connectivity index (χ0n) is 16.7. The number of benzene rings is 4. The van der Waals surface area contributed by atoms with Crippen LogP contribution in [0.2, 0.25) is 0 Å². The van der Waals surface area contributed by atoms with Crippen molar-refractivity contribution >= 4 is 44.7 Å². The first-order valence-electron chi connectivity index (χ1n) is 10.4. The van der Waals surface area contributed by atoms with E-state index in [9.17, 15) is 0 Å². The standard InChI is InChI=1S/C28H19FSTe/c29-31(28-18-9-19-30-28,24-14-5-1-10-20(24)21-11-2-6-15-25(21)31)26-16-7-3-12-22(26)23-13-4-8-17-27(23)31/h1-19H. The molecule has 0 saturated carbocycles. The summed E-state index contributed by atoms with van der Waals surface area (Å²) in [6, 6.07) is 37.0. The van der Waals surface area contributed by atoms with Crippen LogP contribution in [-0.2, 0) is 0 Å². The van der Waals surface area contributed by atoms with Gasteiger partial charge in [-0.15, -0.1) is 0 Å². The summed E-state index contributed by atoms with van der Waals surface area (Å²) in [6.45, 7) is 0. The molecule has 4 aromatic carbocycles. The minimum absolute atomic E-state index is 0.872. The molecule has 2 aliphatic heterocycles. The van der Waals surface area contributed by atoms with Crippen LogP contribution in [0.15, 0.2) is 115 Å². The maximum atomic E-state index is 20.3. The van der Waals surface area contributed by atoms with Gasteiger partial charge < -0.3 is 0 Å². The third kappa shape index (κ3) is 1.55. The first kappa shape index (κ1) is 17.9. The summed E-state index contributed by atoms with van der Waals surface area (Å²) >= 11 is -4.70. The van der Waals surface area contributed by atoms with Gasteiger partial charge in [0.25, 0.3) is 0 Å². The number of thiophene rings is 1. The van der Waals surface area contributed by atoms with Gasteiger partial charge in [0.05, 0.1) is 0 Å². The van der Waals surface area contributed by atoms with Gasteiger partial charge in [-0.3, -0.25) is 0 Å². The summed E-state index contributed by atoms with van der Waals surface area (Å²) in [4.78, 5) is 0. The van der Waals surface area contributed by atoms with E-state index in [2.05, 4.69) is 48.5 Å². The van der Waals surface area contributed by atoms with E-state index in [1.807, 2.05) is 66.0 Å². The molecule has 3 heterocycles. The number of halogens is 1. The van der Waals surface area contributed by atoms with Gasteiger partial charge in [-0.2, -0.15) is 0 Å². The number of rotatable bonds is 1. The van der Waals surface area contributed by atoms with Gasteiger partial charge >= 0.3 is 184 Å². The van der Waals surface area contributed by atoms with E-state index in [4.69, 9.17) is 0 Å². The average Bonchev–Trinajstić information content (AvgIpc) is 3.51. The van der Waals surface area contributed by atoms with Crippen molar-refractivity contribution < 1.29 is 2.89 Å². The van der Waals surface area contributed by atoms with Crippen LogP contribution in [0.1, 0.15) is 0 Å². The summed E-state index contributed by atoms with van der Waals surface area (Å²) in [6.07, 6.45) is 0. The molecule has 0 unspecified atom stereocenters. The third-order valence-electron chi connectivity index (χ3n) is 7.19. The number of hydrogen-bond acceptors (Lipinski definition) is 1. The molecule has 0 N–H and O–H groups in total. The normalized spacial score (nSPS) is 19.8. The van der Waals surface area contributed by atoms with Crippen LogP contribution in [0.4, 0.5) is 2.89 Å². The molecule has 0 bridgehead atoms. The van der Waals surface area contributed by atoms with Gasteiger partial charge in [-0.25, -0.2) is 0 Å². The van der Waals surface area contributed by atoms with Gasteiger partial charge in [0, 0.05) is 0 Å². The van der Waals surface area contributed by atoms with Crippen LogP contribution in [0.3, 0.4) is 0 Å². The summed E-state index contributed by atoms with van der Waals surface area (Å²) in [5, 5.41) is 2.03. The molecule has 1 spiro atoms. The third-order valence-corrected chi connectivity index (χ3v) is 30.5. The van der Waals surface area contributed by atoms with Crippen molar-refractivity contribution in [2.45, 2.75) is 0 Å². The second-order valence-electron chi connectivity index (χ2n) is 8.32. The molecule has 31 heavy (non-hydrogen) atoms. The summed E-state index contributed by atoms with van der Waals surface area (Å²) in [5.41, 5.74) is 4.13. The second-order valence-corrected chi connectivity index (χ2v) is 24.4. The molecule has 0 nitrogen and oxygen atoms in total. The Morgan fingerprint density at radius 1 is 0.452 bits per heavy atom. The van der Waals surface area contributed by atoms with Gasteiger partial charge in [-0.05, 0) is 0 Å².